The number of benzene rings is 3. The number of rotatable bonds is 11. The maximum atomic E-state index is 13.6. The molecule has 6 heteroatoms. The van der Waals surface area contributed by atoms with E-state index >= 15 is 0 Å². The maximum Gasteiger partial charge on any atom is 0.246 e. The van der Waals surface area contributed by atoms with Crippen molar-refractivity contribution >= 4 is 23.6 Å². The fraction of sp³-hybridized carbons (Fsp3) is 0.259. The van der Waals surface area contributed by atoms with E-state index in [1.807, 2.05) is 77.7 Å². The van der Waals surface area contributed by atoms with E-state index < -0.39 is 6.04 Å². The number of amides is 2. The molecule has 1 unspecified atom stereocenters. The molecule has 2 amide bonds. The van der Waals surface area contributed by atoms with Crippen LogP contribution in [0.2, 0.25) is 0 Å². The van der Waals surface area contributed by atoms with Gasteiger partial charge in [-0.05, 0) is 41.8 Å². The van der Waals surface area contributed by atoms with Gasteiger partial charge in [0, 0.05) is 30.7 Å². The standard InChI is InChI=1S/C27H30N2O3S/c1-21(30)28-26(20-33-25-15-13-24(32-2)14-16-25)27(31)29(19-23-11-7-4-8-12-23)18-17-22-9-5-3-6-10-22/h3-16,26H,17-20H2,1-2H3,(H,28,30). The van der Waals surface area contributed by atoms with Crippen molar-refractivity contribution in [1.82, 2.24) is 10.2 Å². The van der Waals surface area contributed by atoms with E-state index in [4.69, 9.17) is 4.74 Å². The summed E-state index contributed by atoms with van der Waals surface area (Å²) < 4.78 is 5.21. The molecular weight excluding hydrogens is 432 g/mol. The largest absolute Gasteiger partial charge is 0.497 e. The molecule has 0 aliphatic rings. The van der Waals surface area contributed by atoms with Crippen molar-refractivity contribution in [3.63, 3.8) is 0 Å². The van der Waals surface area contributed by atoms with Crippen LogP contribution in [0, 0.1) is 0 Å². The van der Waals surface area contributed by atoms with Crippen LogP contribution >= 0.6 is 11.8 Å². The predicted octanol–water partition coefficient (Wildman–Crippen LogP) is 4.56. The van der Waals surface area contributed by atoms with Crippen LogP contribution in [0.1, 0.15) is 18.1 Å². The van der Waals surface area contributed by atoms with Crippen LogP contribution in [0.25, 0.3) is 0 Å². The Hall–Kier alpha value is -3.25. The maximum absolute atomic E-state index is 13.6. The molecule has 0 fully saturated rings. The molecule has 0 bridgehead atoms. The van der Waals surface area contributed by atoms with Gasteiger partial charge in [-0.25, -0.2) is 0 Å². The van der Waals surface area contributed by atoms with Crippen molar-refractivity contribution in [3.8, 4) is 5.75 Å². The Morgan fingerprint density at radius 3 is 2.09 bits per heavy atom. The SMILES string of the molecule is COc1ccc(SCC(NC(C)=O)C(=O)N(CCc2ccccc2)Cc2ccccc2)cc1. The van der Waals surface area contributed by atoms with Crippen LogP contribution in [0.4, 0.5) is 0 Å². The summed E-state index contributed by atoms with van der Waals surface area (Å²) in [6.07, 6.45) is 0.748. The number of hydrogen-bond donors (Lipinski definition) is 1. The molecular formula is C27H30N2O3S. The zero-order chi connectivity index (χ0) is 23.5. The zero-order valence-electron chi connectivity index (χ0n) is 19.1. The quantitative estimate of drug-likeness (QED) is 0.424. The molecule has 0 aliphatic heterocycles. The summed E-state index contributed by atoms with van der Waals surface area (Å²) in [7, 11) is 1.63. The summed E-state index contributed by atoms with van der Waals surface area (Å²) in [5, 5.41) is 2.86. The van der Waals surface area contributed by atoms with Crippen molar-refractivity contribution < 1.29 is 14.3 Å². The first-order chi connectivity index (χ1) is 16.0. The van der Waals surface area contributed by atoms with Gasteiger partial charge < -0.3 is 15.0 Å². The molecule has 0 saturated heterocycles. The van der Waals surface area contributed by atoms with Gasteiger partial charge in [-0.1, -0.05) is 60.7 Å². The molecule has 1 N–H and O–H groups in total. The third kappa shape index (κ3) is 7.99. The first-order valence-electron chi connectivity index (χ1n) is 11.0. The van der Waals surface area contributed by atoms with E-state index in [0.717, 1.165) is 22.6 Å². The zero-order valence-corrected chi connectivity index (χ0v) is 19.9. The van der Waals surface area contributed by atoms with Crippen LogP contribution in [0.15, 0.2) is 89.8 Å². The van der Waals surface area contributed by atoms with E-state index in [2.05, 4.69) is 17.4 Å². The van der Waals surface area contributed by atoms with Crippen LogP contribution in [0.5, 0.6) is 5.75 Å². The smallest absolute Gasteiger partial charge is 0.246 e. The van der Waals surface area contributed by atoms with Gasteiger partial charge >= 0.3 is 0 Å². The monoisotopic (exact) mass is 462 g/mol. The number of carbonyl (C=O) groups is 2. The van der Waals surface area contributed by atoms with Crippen LogP contribution in [0.3, 0.4) is 0 Å². The first-order valence-corrected chi connectivity index (χ1v) is 11.9. The molecule has 3 rings (SSSR count). The van der Waals surface area contributed by atoms with E-state index in [-0.39, 0.29) is 11.8 Å². The van der Waals surface area contributed by atoms with Crippen molar-refractivity contribution in [1.29, 1.82) is 0 Å². The Morgan fingerprint density at radius 2 is 1.52 bits per heavy atom. The lowest BCUT2D eigenvalue weighted by Gasteiger charge is -2.28. The summed E-state index contributed by atoms with van der Waals surface area (Å²) >= 11 is 1.54. The molecule has 0 heterocycles. The molecule has 0 radical (unpaired) electrons. The normalized spacial score (nSPS) is 11.5. The number of hydrogen-bond acceptors (Lipinski definition) is 4. The number of ether oxygens (including phenoxy) is 1. The second-order valence-corrected chi connectivity index (χ2v) is 8.81. The molecule has 0 spiro atoms. The van der Waals surface area contributed by atoms with Crippen molar-refractivity contribution in [3.05, 3.63) is 96.1 Å². The van der Waals surface area contributed by atoms with Gasteiger partial charge in [0.25, 0.3) is 0 Å². The summed E-state index contributed by atoms with van der Waals surface area (Å²) in [5.41, 5.74) is 2.23. The second-order valence-electron chi connectivity index (χ2n) is 7.72. The van der Waals surface area contributed by atoms with E-state index in [1.165, 1.54) is 24.2 Å². The van der Waals surface area contributed by atoms with E-state index in [0.29, 0.717) is 18.8 Å². The number of thioether (sulfide) groups is 1. The molecule has 0 aliphatic carbocycles. The minimum absolute atomic E-state index is 0.0778. The van der Waals surface area contributed by atoms with Gasteiger partial charge in [0.15, 0.2) is 0 Å². The number of methoxy groups -OCH3 is 1. The van der Waals surface area contributed by atoms with Crippen LogP contribution in [-0.4, -0.2) is 42.2 Å². The third-order valence-electron chi connectivity index (χ3n) is 5.19. The summed E-state index contributed by atoms with van der Waals surface area (Å²) in [4.78, 5) is 28.4. The van der Waals surface area contributed by atoms with Crippen LogP contribution in [-0.2, 0) is 22.6 Å². The van der Waals surface area contributed by atoms with Crippen molar-refractivity contribution in [2.24, 2.45) is 0 Å². The molecule has 3 aromatic carbocycles. The molecule has 33 heavy (non-hydrogen) atoms. The Bertz CT molecular complexity index is 1010. The minimum Gasteiger partial charge on any atom is -0.497 e. The first kappa shape index (κ1) is 24.4. The summed E-state index contributed by atoms with van der Waals surface area (Å²) in [6, 6.07) is 27.1. The van der Waals surface area contributed by atoms with Gasteiger partial charge in [0.2, 0.25) is 11.8 Å². The van der Waals surface area contributed by atoms with Crippen molar-refractivity contribution in [2.45, 2.75) is 30.8 Å². The third-order valence-corrected chi connectivity index (χ3v) is 6.30. The molecule has 1 atom stereocenters. The van der Waals surface area contributed by atoms with Gasteiger partial charge in [-0.3, -0.25) is 9.59 Å². The molecule has 0 aromatic heterocycles. The lowest BCUT2D eigenvalue weighted by atomic mass is 10.1. The highest BCUT2D eigenvalue weighted by molar-refractivity contribution is 7.99. The van der Waals surface area contributed by atoms with Crippen LogP contribution < -0.4 is 10.1 Å². The average Bonchev–Trinajstić information content (AvgIpc) is 2.85. The Labute approximate surface area is 200 Å². The number of carbonyl (C=O) groups excluding carboxylic acids is 2. The van der Waals surface area contributed by atoms with Gasteiger partial charge in [-0.15, -0.1) is 11.8 Å². The fourth-order valence-corrected chi connectivity index (χ4v) is 4.39. The highest BCUT2D eigenvalue weighted by Gasteiger charge is 2.25. The molecule has 172 valence electrons. The van der Waals surface area contributed by atoms with Crippen molar-refractivity contribution in [2.75, 3.05) is 19.4 Å². The Kier molecular flexibility index (Phi) is 9.39. The highest BCUT2D eigenvalue weighted by atomic mass is 32.2. The van der Waals surface area contributed by atoms with Gasteiger partial charge in [-0.2, -0.15) is 0 Å². The van der Waals surface area contributed by atoms with Gasteiger partial charge in [0.05, 0.1) is 7.11 Å². The molecule has 0 saturated carbocycles. The predicted molar refractivity (Wildman–Crippen MR) is 133 cm³/mol. The molecule has 3 aromatic rings. The Balaban J connectivity index is 1.74. The number of nitrogens with one attached hydrogen (secondary N) is 1. The number of nitrogens with zero attached hydrogens (tertiary/aromatic N) is 1. The topological polar surface area (TPSA) is 58.6 Å². The molecule has 5 nitrogen and oxygen atoms in total. The van der Waals surface area contributed by atoms with E-state index in [9.17, 15) is 9.59 Å². The lowest BCUT2D eigenvalue weighted by molar-refractivity contribution is -0.136. The summed E-state index contributed by atoms with van der Waals surface area (Å²) in [5.74, 6) is 0.933. The second kappa shape index (κ2) is 12.7. The highest BCUT2D eigenvalue weighted by Crippen LogP contribution is 2.23. The minimum atomic E-state index is -0.617. The fourth-order valence-electron chi connectivity index (χ4n) is 3.47. The Morgan fingerprint density at radius 1 is 0.909 bits per heavy atom. The lowest BCUT2D eigenvalue weighted by Crippen LogP contribution is -2.49. The van der Waals surface area contributed by atoms with E-state index in [1.54, 1.807) is 7.11 Å². The van der Waals surface area contributed by atoms with Gasteiger partial charge in [0.1, 0.15) is 11.8 Å². The summed E-state index contributed by atoms with van der Waals surface area (Å²) in [6.45, 7) is 2.51. The average molecular weight is 463 g/mol.